The molecule has 1 aromatic rings. The van der Waals surface area contributed by atoms with Crippen molar-refractivity contribution in [3.63, 3.8) is 0 Å². The summed E-state index contributed by atoms with van der Waals surface area (Å²) >= 11 is 0. The first-order valence-electron chi connectivity index (χ1n) is 13.4. The molecule has 0 radical (unpaired) electrons. The zero-order valence-corrected chi connectivity index (χ0v) is 22.7. The minimum atomic E-state index is -1.62. The van der Waals surface area contributed by atoms with Crippen LogP contribution in [0.2, 0.25) is 0 Å². The van der Waals surface area contributed by atoms with Gasteiger partial charge in [-0.3, -0.25) is 9.59 Å². The van der Waals surface area contributed by atoms with Crippen LogP contribution in [-0.4, -0.2) is 69.8 Å². The smallest absolute Gasteiger partial charge is 0.338 e. The van der Waals surface area contributed by atoms with Crippen LogP contribution < -0.4 is 0 Å². The molecule has 38 heavy (non-hydrogen) atoms. The minimum Gasteiger partial charge on any atom is -0.462 e. The van der Waals surface area contributed by atoms with E-state index in [4.69, 9.17) is 18.9 Å². The van der Waals surface area contributed by atoms with E-state index in [-0.39, 0.29) is 37.8 Å². The molecule has 4 fully saturated rings. The first kappa shape index (κ1) is 27.1. The summed E-state index contributed by atoms with van der Waals surface area (Å²) in [4.78, 5) is 37.9. The number of fused-ring (bicyclic) bond motifs is 3. The molecule has 2 heterocycles. The van der Waals surface area contributed by atoms with Crippen LogP contribution in [0, 0.1) is 16.7 Å². The Balaban J connectivity index is 1.64. The Morgan fingerprint density at radius 2 is 1.63 bits per heavy atom. The van der Waals surface area contributed by atoms with E-state index in [1.807, 2.05) is 20.8 Å². The summed E-state index contributed by atoms with van der Waals surface area (Å²) in [7, 11) is 0. The van der Waals surface area contributed by atoms with E-state index in [2.05, 4.69) is 0 Å². The van der Waals surface area contributed by atoms with E-state index in [0.717, 1.165) is 0 Å². The van der Waals surface area contributed by atoms with Gasteiger partial charge in [-0.05, 0) is 44.7 Å². The number of carbonyl (C=O) groups is 3. The van der Waals surface area contributed by atoms with Gasteiger partial charge in [0.1, 0.15) is 24.4 Å². The van der Waals surface area contributed by atoms with Gasteiger partial charge in [-0.2, -0.15) is 0 Å². The van der Waals surface area contributed by atoms with Crippen LogP contribution >= 0.6 is 0 Å². The fourth-order valence-corrected chi connectivity index (χ4v) is 8.10. The predicted molar refractivity (Wildman–Crippen MR) is 134 cm³/mol. The molecule has 0 bridgehead atoms. The summed E-state index contributed by atoms with van der Waals surface area (Å²) in [6.45, 7) is 8.75. The number of aliphatic hydroxyl groups is 2. The maximum absolute atomic E-state index is 13.3. The first-order valence-corrected chi connectivity index (χ1v) is 13.4. The summed E-state index contributed by atoms with van der Waals surface area (Å²) in [5.74, 6) is -1.75. The van der Waals surface area contributed by atoms with Gasteiger partial charge in [0.15, 0.2) is 0 Å². The molecule has 0 unspecified atom stereocenters. The maximum atomic E-state index is 13.3. The van der Waals surface area contributed by atoms with Crippen LogP contribution in [0.1, 0.15) is 77.1 Å². The van der Waals surface area contributed by atoms with Gasteiger partial charge in [-0.1, -0.05) is 32.0 Å². The molecule has 2 saturated carbocycles. The van der Waals surface area contributed by atoms with Crippen molar-refractivity contribution in [2.45, 2.75) is 102 Å². The third kappa shape index (κ3) is 3.72. The van der Waals surface area contributed by atoms with Gasteiger partial charge in [-0.15, -0.1) is 0 Å². The largest absolute Gasteiger partial charge is 0.462 e. The molecule has 208 valence electrons. The molecule has 2 N–H and O–H groups in total. The summed E-state index contributed by atoms with van der Waals surface area (Å²) < 4.78 is 24.3. The van der Waals surface area contributed by atoms with Crippen molar-refractivity contribution in [3.05, 3.63) is 35.9 Å². The molecule has 1 aromatic carbocycles. The van der Waals surface area contributed by atoms with Gasteiger partial charge in [0.05, 0.1) is 29.3 Å². The molecule has 0 aromatic heterocycles. The third-order valence-electron chi connectivity index (χ3n) is 10.5. The number of hydrogen-bond acceptors (Lipinski definition) is 9. The number of carbonyl (C=O) groups excluding carboxylic acids is 3. The van der Waals surface area contributed by atoms with E-state index in [9.17, 15) is 24.6 Å². The highest BCUT2D eigenvalue weighted by atomic mass is 16.6. The van der Waals surface area contributed by atoms with Crippen molar-refractivity contribution in [1.29, 1.82) is 0 Å². The van der Waals surface area contributed by atoms with Gasteiger partial charge in [0.25, 0.3) is 0 Å². The summed E-state index contributed by atoms with van der Waals surface area (Å²) in [5, 5.41) is 22.9. The van der Waals surface area contributed by atoms with Gasteiger partial charge in [0, 0.05) is 30.6 Å². The average Bonchev–Trinajstić information content (AvgIpc) is 3.19. The molecule has 9 nitrogen and oxygen atoms in total. The van der Waals surface area contributed by atoms with Crippen molar-refractivity contribution < 1.29 is 43.5 Å². The lowest BCUT2D eigenvalue weighted by molar-refractivity contribution is -0.363. The van der Waals surface area contributed by atoms with E-state index in [0.29, 0.717) is 18.4 Å². The second-order valence-electron chi connectivity index (χ2n) is 12.5. The summed E-state index contributed by atoms with van der Waals surface area (Å²) in [5.41, 5.74) is -5.21. The fourth-order valence-electron chi connectivity index (χ4n) is 8.10. The van der Waals surface area contributed by atoms with Crippen molar-refractivity contribution in [1.82, 2.24) is 0 Å². The van der Waals surface area contributed by atoms with E-state index in [1.165, 1.54) is 6.92 Å². The van der Waals surface area contributed by atoms with E-state index >= 15 is 0 Å². The number of cyclic esters (lactones) is 1. The molecule has 4 aliphatic rings. The Hall–Kier alpha value is -2.49. The Kier molecular flexibility index (Phi) is 6.25. The highest BCUT2D eigenvalue weighted by molar-refractivity contribution is 5.89. The highest BCUT2D eigenvalue weighted by Gasteiger charge is 2.77. The molecule has 9 atom stereocenters. The zero-order valence-electron chi connectivity index (χ0n) is 22.7. The number of esters is 3. The van der Waals surface area contributed by atoms with Crippen molar-refractivity contribution in [2.24, 2.45) is 16.7 Å². The summed E-state index contributed by atoms with van der Waals surface area (Å²) in [6, 6.07) is 8.62. The molecule has 0 amide bonds. The third-order valence-corrected chi connectivity index (χ3v) is 10.5. The average molecular weight is 531 g/mol. The van der Waals surface area contributed by atoms with Gasteiger partial charge < -0.3 is 29.2 Å². The standard InChI is InChI=1S/C29H38O9/c1-17(30)36-22-14-29(15-23(32)35-16-29)38-25(2)13-21(37-24(33)18-9-7-6-8-10-18)27(4)19(26(22,25)3)11-12-20(31)28(27,5)34/h6-10,19-22,31,34H,11-16H2,1-5H3/t19-,20+,21-,22-,25-,26+,27+,28-,29+/m0/s1. The highest BCUT2D eigenvalue weighted by Crippen LogP contribution is 2.69. The second kappa shape index (κ2) is 8.76. The molecule has 9 heteroatoms. The molecule has 2 aliphatic carbocycles. The number of hydrogen-bond donors (Lipinski definition) is 2. The molecular weight excluding hydrogens is 492 g/mol. The fraction of sp³-hybridized carbons (Fsp3) is 0.690. The van der Waals surface area contributed by atoms with E-state index < -0.39 is 57.9 Å². The molecule has 5 rings (SSSR count). The van der Waals surface area contributed by atoms with Gasteiger partial charge >= 0.3 is 17.9 Å². The van der Waals surface area contributed by atoms with Crippen LogP contribution in [0.15, 0.2) is 30.3 Å². The van der Waals surface area contributed by atoms with Crippen LogP contribution in [-0.2, 0) is 28.5 Å². The maximum Gasteiger partial charge on any atom is 0.338 e. The molecular formula is C29H38O9. The molecule has 1 spiro atoms. The summed E-state index contributed by atoms with van der Waals surface area (Å²) in [6.07, 6.45) is -1.30. The zero-order chi connectivity index (χ0) is 27.7. The second-order valence-corrected chi connectivity index (χ2v) is 12.5. The first-order chi connectivity index (χ1) is 17.7. The Morgan fingerprint density at radius 3 is 2.24 bits per heavy atom. The Morgan fingerprint density at radius 1 is 0.974 bits per heavy atom. The van der Waals surface area contributed by atoms with Crippen LogP contribution in [0.3, 0.4) is 0 Å². The van der Waals surface area contributed by atoms with E-state index in [1.54, 1.807) is 37.3 Å². The van der Waals surface area contributed by atoms with Crippen molar-refractivity contribution in [3.8, 4) is 0 Å². The Labute approximate surface area is 222 Å². The van der Waals surface area contributed by atoms with Crippen LogP contribution in [0.4, 0.5) is 0 Å². The van der Waals surface area contributed by atoms with Gasteiger partial charge in [0.2, 0.25) is 0 Å². The van der Waals surface area contributed by atoms with Crippen molar-refractivity contribution in [2.75, 3.05) is 6.61 Å². The molecule has 2 saturated heterocycles. The van der Waals surface area contributed by atoms with Crippen LogP contribution in [0.5, 0.6) is 0 Å². The number of ether oxygens (including phenoxy) is 4. The van der Waals surface area contributed by atoms with Gasteiger partial charge in [-0.25, -0.2) is 4.79 Å². The lowest BCUT2D eigenvalue weighted by Crippen LogP contribution is -2.79. The SMILES string of the molecule is CC(=O)O[C@H]1C[C@@]2(COC(=O)C2)O[C@@]2(C)C[C@H](OC(=O)c3ccccc3)[C@@]3(C)[C@@H](CC[C@@H](O)[C@]3(C)O)[C@]12C. The number of benzene rings is 1. The monoisotopic (exact) mass is 530 g/mol. The van der Waals surface area contributed by atoms with Crippen molar-refractivity contribution >= 4 is 17.9 Å². The predicted octanol–water partition coefficient (Wildman–Crippen LogP) is 2.95. The number of rotatable bonds is 3. The topological polar surface area (TPSA) is 129 Å². The Bertz CT molecular complexity index is 1130. The quantitative estimate of drug-likeness (QED) is 0.448. The normalized spacial score (nSPS) is 46.0. The van der Waals surface area contributed by atoms with Crippen LogP contribution in [0.25, 0.3) is 0 Å². The number of aliphatic hydroxyl groups excluding tert-OH is 1. The lowest BCUT2D eigenvalue weighted by atomic mass is 9.39. The molecule has 2 aliphatic heterocycles. The lowest BCUT2D eigenvalue weighted by Gasteiger charge is -2.71. The minimum absolute atomic E-state index is 0.0310.